The number of aryl methyl sites for hydroxylation is 1. The number of aromatic nitrogens is 1. The summed E-state index contributed by atoms with van der Waals surface area (Å²) in [6, 6.07) is 9.16. The Morgan fingerprint density at radius 1 is 1.31 bits per heavy atom. The molecule has 0 unspecified atom stereocenters. The minimum absolute atomic E-state index is 0.535. The van der Waals surface area contributed by atoms with Gasteiger partial charge in [0.2, 0.25) is 5.88 Å². The Morgan fingerprint density at radius 2 is 2.12 bits per heavy atom. The molecule has 1 heterocycles. The van der Waals surface area contributed by atoms with Crippen LogP contribution in [0.4, 0.5) is 0 Å². The molecular formula is C12H9BrClNO. The first kappa shape index (κ1) is 11.4. The number of rotatable bonds is 2. The molecule has 2 aromatic rings. The molecule has 2 rings (SSSR count). The summed E-state index contributed by atoms with van der Waals surface area (Å²) in [5.74, 6) is 1.21. The van der Waals surface area contributed by atoms with Gasteiger partial charge in [-0.3, -0.25) is 0 Å². The molecule has 0 aliphatic rings. The first-order valence-electron chi connectivity index (χ1n) is 4.71. The molecule has 0 N–H and O–H groups in total. The second-order valence-corrected chi connectivity index (χ2v) is 4.65. The van der Waals surface area contributed by atoms with Gasteiger partial charge in [0.05, 0.1) is 4.47 Å². The number of hydrogen-bond donors (Lipinski definition) is 0. The molecule has 0 aliphatic heterocycles. The lowest BCUT2D eigenvalue weighted by molar-refractivity contribution is 0.459. The van der Waals surface area contributed by atoms with Crippen molar-refractivity contribution in [1.82, 2.24) is 4.98 Å². The second-order valence-electron chi connectivity index (χ2n) is 3.36. The molecule has 82 valence electrons. The fraction of sp³-hybridized carbons (Fsp3) is 0.0833. The van der Waals surface area contributed by atoms with Gasteiger partial charge in [-0.1, -0.05) is 17.7 Å². The van der Waals surface area contributed by atoms with Crippen molar-refractivity contribution >= 4 is 27.5 Å². The van der Waals surface area contributed by atoms with E-state index in [1.165, 1.54) is 0 Å². The minimum atomic E-state index is 0.535. The average molecular weight is 299 g/mol. The first-order valence-corrected chi connectivity index (χ1v) is 5.88. The zero-order valence-corrected chi connectivity index (χ0v) is 10.9. The van der Waals surface area contributed by atoms with Gasteiger partial charge in [0, 0.05) is 11.2 Å². The highest BCUT2D eigenvalue weighted by atomic mass is 79.9. The number of nitrogens with zero attached hydrogens (tertiary/aromatic N) is 1. The highest BCUT2D eigenvalue weighted by Crippen LogP contribution is 2.28. The largest absolute Gasteiger partial charge is 0.438 e. The van der Waals surface area contributed by atoms with Crippen LogP contribution < -0.4 is 4.74 Å². The standard InChI is InChI=1S/C12H9BrClNO/c1-8-5-11(13)12(15-7-8)16-10-4-2-3-9(14)6-10/h2-7H,1H3. The third kappa shape index (κ3) is 2.74. The summed E-state index contributed by atoms with van der Waals surface area (Å²) in [5, 5.41) is 0.640. The number of ether oxygens (including phenoxy) is 1. The van der Waals surface area contributed by atoms with Crippen LogP contribution in [0, 0.1) is 6.92 Å². The van der Waals surface area contributed by atoms with Crippen LogP contribution in [0.25, 0.3) is 0 Å². The van der Waals surface area contributed by atoms with Crippen molar-refractivity contribution in [3.63, 3.8) is 0 Å². The van der Waals surface area contributed by atoms with Crippen LogP contribution in [-0.4, -0.2) is 4.98 Å². The van der Waals surface area contributed by atoms with Crippen LogP contribution in [0.3, 0.4) is 0 Å². The molecule has 1 aromatic carbocycles. The van der Waals surface area contributed by atoms with Crippen LogP contribution >= 0.6 is 27.5 Å². The summed E-state index contributed by atoms with van der Waals surface area (Å²) in [6.45, 7) is 1.97. The van der Waals surface area contributed by atoms with Crippen molar-refractivity contribution in [3.05, 3.63) is 51.6 Å². The van der Waals surface area contributed by atoms with Gasteiger partial charge in [-0.05, 0) is 52.7 Å². The van der Waals surface area contributed by atoms with Crippen LogP contribution in [0.15, 0.2) is 41.0 Å². The van der Waals surface area contributed by atoms with Gasteiger partial charge in [0.1, 0.15) is 5.75 Å². The highest BCUT2D eigenvalue weighted by Gasteiger charge is 2.04. The monoisotopic (exact) mass is 297 g/mol. The average Bonchev–Trinajstić information content (AvgIpc) is 2.22. The summed E-state index contributed by atoms with van der Waals surface area (Å²) in [7, 11) is 0. The van der Waals surface area contributed by atoms with E-state index in [1.807, 2.05) is 25.1 Å². The Bertz CT molecular complexity index is 516. The smallest absolute Gasteiger partial charge is 0.233 e. The molecular weight excluding hydrogens is 289 g/mol. The summed E-state index contributed by atoms with van der Waals surface area (Å²) < 4.78 is 6.43. The van der Waals surface area contributed by atoms with Crippen LogP contribution in [0.5, 0.6) is 11.6 Å². The third-order valence-corrected chi connectivity index (χ3v) is 2.76. The minimum Gasteiger partial charge on any atom is -0.438 e. The summed E-state index contributed by atoms with van der Waals surface area (Å²) >= 11 is 9.27. The van der Waals surface area contributed by atoms with E-state index in [4.69, 9.17) is 16.3 Å². The fourth-order valence-electron chi connectivity index (χ4n) is 1.24. The van der Waals surface area contributed by atoms with Gasteiger partial charge in [0.15, 0.2) is 0 Å². The van der Waals surface area contributed by atoms with Crippen LogP contribution in [-0.2, 0) is 0 Å². The lowest BCUT2D eigenvalue weighted by atomic mass is 10.3. The molecule has 0 spiro atoms. The number of pyridine rings is 1. The van der Waals surface area contributed by atoms with E-state index in [-0.39, 0.29) is 0 Å². The molecule has 2 nitrogen and oxygen atoms in total. The molecule has 0 atom stereocenters. The molecule has 4 heteroatoms. The maximum atomic E-state index is 5.86. The Labute approximate surface area is 107 Å². The van der Waals surface area contributed by atoms with E-state index in [2.05, 4.69) is 20.9 Å². The summed E-state index contributed by atoms with van der Waals surface area (Å²) in [5.41, 5.74) is 1.07. The van der Waals surface area contributed by atoms with Crippen molar-refractivity contribution in [2.75, 3.05) is 0 Å². The zero-order chi connectivity index (χ0) is 11.5. The van der Waals surface area contributed by atoms with Gasteiger partial charge in [-0.25, -0.2) is 4.98 Å². The molecule has 0 amide bonds. The third-order valence-electron chi connectivity index (χ3n) is 1.95. The Morgan fingerprint density at radius 3 is 2.81 bits per heavy atom. The van der Waals surface area contributed by atoms with E-state index in [9.17, 15) is 0 Å². The maximum Gasteiger partial charge on any atom is 0.233 e. The van der Waals surface area contributed by atoms with Crippen LogP contribution in [0.1, 0.15) is 5.56 Å². The van der Waals surface area contributed by atoms with Crippen molar-refractivity contribution in [1.29, 1.82) is 0 Å². The van der Waals surface area contributed by atoms with E-state index >= 15 is 0 Å². The Kier molecular flexibility index (Phi) is 3.46. The van der Waals surface area contributed by atoms with Gasteiger partial charge in [-0.15, -0.1) is 0 Å². The molecule has 0 aliphatic carbocycles. The maximum absolute atomic E-state index is 5.86. The predicted molar refractivity (Wildman–Crippen MR) is 68.2 cm³/mol. The van der Waals surface area contributed by atoms with Gasteiger partial charge >= 0.3 is 0 Å². The molecule has 0 fully saturated rings. The van der Waals surface area contributed by atoms with Crippen molar-refractivity contribution < 1.29 is 4.74 Å². The van der Waals surface area contributed by atoms with E-state index < -0.39 is 0 Å². The molecule has 0 saturated carbocycles. The fourth-order valence-corrected chi connectivity index (χ4v) is 1.96. The number of benzene rings is 1. The molecule has 0 saturated heterocycles. The number of hydrogen-bond acceptors (Lipinski definition) is 2. The lowest BCUT2D eigenvalue weighted by Gasteiger charge is -2.07. The molecule has 0 radical (unpaired) electrons. The SMILES string of the molecule is Cc1cnc(Oc2cccc(Cl)c2)c(Br)c1. The quantitative estimate of drug-likeness (QED) is 0.808. The summed E-state index contributed by atoms with van der Waals surface area (Å²) in [4.78, 5) is 4.19. The van der Waals surface area contributed by atoms with Crippen molar-refractivity contribution in [2.45, 2.75) is 6.92 Å². The number of halogens is 2. The Balaban J connectivity index is 2.27. The zero-order valence-electron chi connectivity index (χ0n) is 8.58. The molecule has 1 aromatic heterocycles. The van der Waals surface area contributed by atoms with Gasteiger partial charge < -0.3 is 4.74 Å². The van der Waals surface area contributed by atoms with E-state index in [0.717, 1.165) is 10.0 Å². The van der Waals surface area contributed by atoms with Gasteiger partial charge in [0.25, 0.3) is 0 Å². The normalized spacial score (nSPS) is 10.2. The van der Waals surface area contributed by atoms with Crippen molar-refractivity contribution in [3.8, 4) is 11.6 Å². The molecule has 0 bridgehead atoms. The second kappa shape index (κ2) is 4.85. The first-order chi connectivity index (χ1) is 7.65. The highest BCUT2D eigenvalue weighted by molar-refractivity contribution is 9.10. The van der Waals surface area contributed by atoms with Gasteiger partial charge in [-0.2, -0.15) is 0 Å². The summed E-state index contributed by atoms with van der Waals surface area (Å²) in [6.07, 6.45) is 1.75. The van der Waals surface area contributed by atoms with E-state index in [0.29, 0.717) is 16.7 Å². The van der Waals surface area contributed by atoms with Crippen molar-refractivity contribution in [2.24, 2.45) is 0 Å². The Hall–Kier alpha value is -1.06. The van der Waals surface area contributed by atoms with E-state index in [1.54, 1.807) is 18.3 Å². The predicted octanol–water partition coefficient (Wildman–Crippen LogP) is 4.60. The molecule has 16 heavy (non-hydrogen) atoms. The topological polar surface area (TPSA) is 22.1 Å². The lowest BCUT2D eigenvalue weighted by Crippen LogP contribution is -1.89. The van der Waals surface area contributed by atoms with Crippen LogP contribution in [0.2, 0.25) is 5.02 Å².